The molecule has 0 spiro atoms. The third-order valence-electron chi connectivity index (χ3n) is 6.06. The van der Waals surface area contributed by atoms with E-state index >= 15 is 0 Å². The van der Waals surface area contributed by atoms with Crippen LogP contribution < -0.4 is 16.0 Å². The largest absolute Gasteiger partial charge is 0.321 e. The minimum absolute atomic E-state index is 0.0548. The topological polar surface area (TPSA) is 100 Å². The van der Waals surface area contributed by atoms with Crippen molar-refractivity contribution in [3.05, 3.63) is 148 Å². The summed E-state index contributed by atoms with van der Waals surface area (Å²) >= 11 is 8.72. The summed E-state index contributed by atoms with van der Waals surface area (Å²) < 4.78 is 0. The Balaban J connectivity index is 1.37. The highest BCUT2D eigenvalue weighted by Gasteiger charge is 2.23. The highest BCUT2D eigenvalue weighted by atomic mass is 35.5. The minimum atomic E-state index is -0.568. The Morgan fingerprint density at radius 3 is 2.26 bits per heavy atom. The number of carbonyl (C=O) groups is 3. The summed E-state index contributed by atoms with van der Waals surface area (Å²) in [5.74, 6) is -1.14. The number of nitrogens with one attached hydrogen (secondary N) is 3. The molecule has 214 valence electrons. The lowest BCUT2D eigenvalue weighted by molar-refractivity contribution is -0.116. The SMILES string of the molecule is O=C(Nc1cccc(SC(C(=O)Nc2nccs2)c2ccccc2)c1)/C(=C/c1ccc(Cl)cc1)NC(=O)c1ccccc1. The third kappa shape index (κ3) is 8.42. The van der Waals surface area contributed by atoms with E-state index in [9.17, 15) is 14.4 Å². The van der Waals surface area contributed by atoms with Gasteiger partial charge in [0.15, 0.2) is 5.13 Å². The molecular formula is C33H25ClN4O3S2. The molecule has 0 aliphatic heterocycles. The van der Waals surface area contributed by atoms with E-state index in [4.69, 9.17) is 11.6 Å². The van der Waals surface area contributed by atoms with Gasteiger partial charge < -0.3 is 16.0 Å². The number of hydrogen-bond donors (Lipinski definition) is 3. The van der Waals surface area contributed by atoms with Crippen molar-refractivity contribution >= 4 is 69.3 Å². The number of rotatable bonds is 10. The van der Waals surface area contributed by atoms with Crippen molar-refractivity contribution in [2.45, 2.75) is 10.1 Å². The molecule has 5 rings (SSSR count). The van der Waals surface area contributed by atoms with E-state index in [-0.39, 0.29) is 11.6 Å². The van der Waals surface area contributed by atoms with Crippen molar-refractivity contribution in [3.63, 3.8) is 0 Å². The molecule has 7 nitrogen and oxygen atoms in total. The van der Waals surface area contributed by atoms with E-state index in [1.807, 2.05) is 42.5 Å². The van der Waals surface area contributed by atoms with Crippen LogP contribution in [0.2, 0.25) is 5.02 Å². The number of amides is 3. The summed E-state index contributed by atoms with van der Waals surface area (Å²) in [6.07, 6.45) is 3.22. The summed E-state index contributed by atoms with van der Waals surface area (Å²) in [5, 5.41) is 10.8. The van der Waals surface area contributed by atoms with E-state index in [2.05, 4.69) is 20.9 Å². The number of nitrogens with zero attached hydrogens (tertiary/aromatic N) is 1. The minimum Gasteiger partial charge on any atom is -0.321 e. The van der Waals surface area contributed by atoms with Gasteiger partial charge in [-0.05, 0) is 59.7 Å². The smallest absolute Gasteiger partial charge is 0.272 e. The summed E-state index contributed by atoms with van der Waals surface area (Å²) in [6, 6.07) is 32.2. The van der Waals surface area contributed by atoms with Crippen LogP contribution in [0, 0.1) is 0 Å². The van der Waals surface area contributed by atoms with Gasteiger partial charge in [-0.2, -0.15) is 0 Å². The Kier molecular flexibility index (Phi) is 10.0. The van der Waals surface area contributed by atoms with Gasteiger partial charge in [0.05, 0.1) is 0 Å². The van der Waals surface area contributed by atoms with Crippen molar-refractivity contribution in [2.24, 2.45) is 0 Å². The van der Waals surface area contributed by atoms with E-state index in [1.165, 1.54) is 23.1 Å². The molecule has 5 aromatic rings. The number of aromatic nitrogens is 1. The summed E-state index contributed by atoms with van der Waals surface area (Å²) in [4.78, 5) is 44.7. The molecule has 10 heteroatoms. The maximum atomic E-state index is 13.5. The van der Waals surface area contributed by atoms with Gasteiger partial charge in [0, 0.05) is 32.7 Å². The molecule has 0 aliphatic carbocycles. The van der Waals surface area contributed by atoms with E-state index < -0.39 is 17.1 Å². The monoisotopic (exact) mass is 624 g/mol. The number of carbonyl (C=O) groups excluding carboxylic acids is 3. The number of thiazole rings is 1. The Hall–Kier alpha value is -4.70. The molecule has 0 aliphatic rings. The summed E-state index contributed by atoms with van der Waals surface area (Å²) in [6.45, 7) is 0. The molecule has 0 radical (unpaired) electrons. The van der Waals surface area contributed by atoms with E-state index in [0.717, 1.165) is 10.5 Å². The molecule has 0 fully saturated rings. The Morgan fingerprint density at radius 1 is 0.837 bits per heavy atom. The van der Waals surface area contributed by atoms with Crippen LogP contribution in [0.3, 0.4) is 0 Å². The predicted molar refractivity (Wildman–Crippen MR) is 174 cm³/mol. The van der Waals surface area contributed by atoms with Crippen LogP contribution in [-0.2, 0) is 9.59 Å². The van der Waals surface area contributed by atoms with Crippen LogP contribution in [0.4, 0.5) is 10.8 Å². The highest BCUT2D eigenvalue weighted by Crippen LogP contribution is 2.37. The van der Waals surface area contributed by atoms with Gasteiger partial charge in [-0.3, -0.25) is 14.4 Å². The Labute approximate surface area is 262 Å². The molecule has 4 aromatic carbocycles. The number of hydrogen-bond acceptors (Lipinski definition) is 6. The van der Waals surface area contributed by atoms with Gasteiger partial charge in [0.2, 0.25) is 5.91 Å². The summed E-state index contributed by atoms with van der Waals surface area (Å²) in [7, 11) is 0. The quantitative estimate of drug-likeness (QED) is 0.109. The first-order valence-corrected chi connectivity index (χ1v) is 15.3. The summed E-state index contributed by atoms with van der Waals surface area (Å²) in [5.41, 5.74) is 2.48. The van der Waals surface area contributed by atoms with Crippen molar-refractivity contribution in [1.82, 2.24) is 10.3 Å². The number of halogens is 1. The second kappa shape index (κ2) is 14.5. The number of benzene rings is 4. The Morgan fingerprint density at radius 2 is 1.56 bits per heavy atom. The standard InChI is InChI=1S/C33H25ClN4O3S2/c34-25-16-14-22(15-17-25)20-28(37-30(39)24-10-5-2-6-11-24)31(40)36-26-12-7-13-27(21-26)43-29(23-8-3-1-4-9-23)32(41)38-33-35-18-19-42-33/h1-21,29H,(H,36,40)(H,37,39)(H,35,38,41)/b28-20-. The highest BCUT2D eigenvalue weighted by molar-refractivity contribution is 8.00. The lowest BCUT2D eigenvalue weighted by atomic mass is 10.1. The molecule has 0 saturated carbocycles. The average Bonchev–Trinajstić information content (AvgIpc) is 3.54. The van der Waals surface area contributed by atoms with Crippen LogP contribution in [0.15, 0.2) is 131 Å². The molecule has 3 amide bonds. The zero-order valence-electron chi connectivity index (χ0n) is 22.6. The predicted octanol–water partition coefficient (Wildman–Crippen LogP) is 7.68. The molecule has 0 saturated heterocycles. The molecule has 1 atom stereocenters. The normalized spacial score (nSPS) is 11.8. The average molecular weight is 625 g/mol. The van der Waals surface area contributed by atoms with Crippen molar-refractivity contribution in [1.29, 1.82) is 0 Å². The van der Waals surface area contributed by atoms with Gasteiger partial charge in [0.1, 0.15) is 10.9 Å². The third-order valence-corrected chi connectivity index (χ3v) is 8.25. The fourth-order valence-corrected chi connectivity index (χ4v) is 5.75. The molecular weight excluding hydrogens is 600 g/mol. The first-order chi connectivity index (χ1) is 20.9. The Bertz CT molecular complexity index is 1730. The fraction of sp³-hybridized carbons (Fsp3) is 0.0303. The second-order valence-electron chi connectivity index (χ2n) is 9.15. The molecule has 3 N–H and O–H groups in total. The van der Waals surface area contributed by atoms with E-state index in [1.54, 1.807) is 84.4 Å². The molecule has 1 heterocycles. The molecule has 43 heavy (non-hydrogen) atoms. The van der Waals surface area contributed by atoms with Gasteiger partial charge >= 0.3 is 0 Å². The second-order valence-corrected chi connectivity index (χ2v) is 11.7. The van der Waals surface area contributed by atoms with Crippen molar-refractivity contribution in [2.75, 3.05) is 10.6 Å². The lowest BCUT2D eigenvalue weighted by Gasteiger charge is -2.17. The van der Waals surface area contributed by atoms with Gasteiger partial charge in [-0.25, -0.2) is 4.98 Å². The zero-order valence-corrected chi connectivity index (χ0v) is 25.0. The van der Waals surface area contributed by atoms with Crippen LogP contribution in [0.25, 0.3) is 6.08 Å². The van der Waals surface area contributed by atoms with Crippen LogP contribution in [-0.4, -0.2) is 22.7 Å². The van der Waals surface area contributed by atoms with Crippen LogP contribution >= 0.6 is 34.7 Å². The molecule has 0 bridgehead atoms. The number of thioether (sulfide) groups is 1. The van der Waals surface area contributed by atoms with E-state index in [0.29, 0.717) is 27.0 Å². The lowest BCUT2D eigenvalue weighted by Crippen LogP contribution is -2.30. The van der Waals surface area contributed by atoms with Gasteiger partial charge in [0.25, 0.3) is 11.8 Å². The first-order valence-electron chi connectivity index (χ1n) is 13.1. The fourth-order valence-electron chi connectivity index (χ4n) is 4.01. The molecule has 1 unspecified atom stereocenters. The maximum absolute atomic E-state index is 13.5. The molecule has 1 aromatic heterocycles. The number of anilines is 2. The maximum Gasteiger partial charge on any atom is 0.272 e. The van der Waals surface area contributed by atoms with Crippen LogP contribution in [0.1, 0.15) is 26.7 Å². The first kappa shape index (κ1) is 29.8. The van der Waals surface area contributed by atoms with Crippen molar-refractivity contribution in [3.8, 4) is 0 Å². The van der Waals surface area contributed by atoms with Crippen LogP contribution in [0.5, 0.6) is 0 Å². The van der Waals surface area contributed by atoms with Gasteiger partial charge in [-0.15, -0.1) is 23.1 Å². The van der Waals surface area contributed by atoms with Gasteiger partial charge in [-0.1, -0.05) is 78.3 Å². The zero-order chi connectivity index (χ0) is 30.0. The van der Waals surface area contributed by atoms with Crippen molar-refractivity contribution < 1.29 is 14.4 Å².